The maximum absolute atomic E-state index is 11.6. The first-order chi connectivity index (χ1) is 6.34. The van der Waals surface area contributed by atoms with E-state index in [1.807, 2.05) is 0 Å². The predicted octanol–water partition coefficient (Wildman–Crippen LogP) is 0.411. The molecule has 0 unspecified atom stereocenters. The van der Waals surface area contributed by atoms with Crippen molar-refractivity contribution in [3.05, 3.63) is 12.2 Å². The molecular formula is C9H15NO3S. The molecule has 1 heterocycles. The van der Waals surface area contributed by atoms with E-state index in [-0.39, 0.29) is 11.7 Å². The van der Waals surface area contributed by atoms with Crippen molar-refractivity contribution in [2.75, 3.05) is 12.8 Å². The molecule has 0 fully saturated rings. The van der Waals surface area contributed by atoms with Gasteiger partial charge in [0.25, 0.3) is 0 Å². The molecule has 0 bridgehead atoms. The van der Waals surface area contributed by atoms with Crippen molar-refractivity contribution in [1.82, 2.24) is 4.31 Å². The molecule has 0 spiro atoms. The number of carbonyl (C=O) groups is 1. The minimum absolute atomic E-state index is 0.0517. The summed E-state index contributed by atoms with van der Waals surface area (Å²) < 4.78 is 23.8. The van der Waals surface area contributed by atoms with E-state index in [1.54, 1.807) is 26.0 Å². The summed E-state index contributed by atoms with van der Waals surface area (Å²) in [4.78, 5) is 11.6. The SMILES string of the molecule is CC(C)C(=O)[C@@H]1C=CCN1S(C)(=O)=O. The van der Waals surface area contributed by atoms with Gasteiger partial charge >= 0.3 is 0 Å². The molecule has 0 aliphatic carbocycles. The van der Waals surface area contributed by atoms with Crippen LogP contribution in [0, 0.1) is 5.92 Å². The molecule has 0 saturated carbocycles. The van der Waals surface area contributed by atoms with Gasteiger partial charge in [0.2, 0.25) is 10.0 Å². The fourth-order valence-corrected chi connectivity index (χ4v) is 2.37. The van der Waals surface area contributed by atoms with Crippen LogP contribution in [0.15, 0.2) is 12.2 Å². The van der Waals surface area contributed by atoms with E-state index in [0.29, 0.717) is 6.54 Å². The highest BCUT2D eigenvalue weighted by Gasteiger charge is 2.33. The Balaban J connectivity index is 2.89. The number of nitrogens with zero attached hydrogens (tertiary/aromatic N) is 1. The Labute approximate surface area is 84.6 Å². The maximum Gasteiger partial charge on any atom is 0.212 e. The third-order valence-electron chi connectivity index (χ3n) is 2.20. The van der Waals surface area contributed by atoms with Gasteiger partial charge in [0.05, 0.1) is 6.26 Å². The lowest BCUT2D eigenvalue weighted by molar-refractivity contribution is -0.124. The van der Waals surface area contributed by atoms with Crippen LogP contribution in [0.1, 0.15) is 13.8 Å². The van der Waals surface area contributed by atoms with Crippen molar-refractivity contribution >= 4 is 15.8 Å². The summed E-state index contributed by atoms with van der Waals surface area (Å²) in [5.41, 5.74) is 0. The molecule has 4 nitrogen and oxygen atoms in total. The van der Waals surface area contributed by atoms with Gasteiger partial charge < -0.3 is 0 Å². The normalized spacial score (nSPS) is 23.3. The highest BCUT2D eigenvalue weighted by Crippen LogP contribution is 2.17. The van der Waals surface area contributed by atoms with Crippen molar-refractivity contribution < 1.29 is 13.2 Å². The molecule has 0 aromatic carbocycles. The maximum atomic E-state index is 11.6. The molecule has 0 N–H and O–H groups in total. The van der Waals surface area contributed by atoms with E-state index in [1.165, 1.54) is 4.31 Å². The van der Waals surface area contributed by atoms with Crippen LogP contribution < -0.4 is 0 Å². The third-order valence-corrected chi connectivity index (χ3v) is 3.43. The molecule has 0 amide bonds. The van der Waals surface area contributed by atoms with Gasteiger partial charge in [-0.15, -0.1) is 0 Å². The molecular weight excluding hydrogens is 202 g/mol. The minimum atomic E-state index is -3.28. The zero-order chi connectivity index (χ0) is 10.9. The van der Waals surface area contributed by atoms with Gasteiger partial charge in [0, 0.05) is 12.5 Å². The molecule has 1 aliphatic heterocycles. The topological polar surface area (TPSA) is 54.5 Å². The van der Waals surface area contributed by atoms with Crippen LogP contribution in [0.5, 0.6) is 0 Å². The fraction of sp³-hybridized carbons (Fsp3) is 0.667. The van der Waals surface area contributed by atoms with Crippen molar-refractivity contribution in [2.24, 2.45) is 5.92 Å². The highest BCUT2D eigenvalue weighted by atomic mass is 32.2. The standard InChI is InChI=1S/C9H15NO3S/c1-7(2)9(11)8-5-4-6-10(8)14(3,12)13/h4-5,7-8H,6H2,1-3H3/t8-/m0/s1. The van der Waals surface area contributed by atoms with Crippen LogP contribution in [-0.4, -0.2) is 37.3 Å². The number of sulfonamides is 1. The van der Waals surface area contributed by atoms with Crippen LogP contribution in [-0.2, 0) is 14.8 Å². The average molecular weight is 217 g/mol. The van der Waals surface area contributed by atoms with Gasteiger partial charge in [-0.25, -0.2) is 8.42 Å². The van der Waals surface area contributed by atoms with Crippen LogP contribution in [0.4, 0.5) is 0 Å². The lowest BCUT2D eigenvalue weighted by Crippen LogP contribution is -2.41. The zero-order valence-corrected chi connectivity index (χ0v) is 9.41. The third kappa shape index (κ3) is 2.22. The first-order valence-electron chi connectivity index (χ1n) is 4.51. The summed E-state index contributed by atoms with van der Waals surface area (Å²) in [7, 11) is -3.28. The van der Waals surface area contributed by atoms with Gasteiger partial charge in [-0.1, -0.05) is 26.0 Å². The smallest absolute Gasteiger partial charge is 0.212 e. The van der Waals surface area contributed by atoms with E-state index in [9.17, 15) is 13.2 Å². The monoisotopic (exact) mass is 217 g/mol. The average Bonchev–Trinajstić information content (AvgIpc) is 2.48. The molecule has 1 atom stereocenters. The van der Waals surface area contributed by atoms with Crippen molar-refractivity contribution in [1.29, 1.82) is 0 Å². The Morgan fingerprint density at radius 3 is 2.50 bits per heavy atom. The molecule has 80 valence electrons. The summed E-state index contributed by atoms with van der Waals surface area (Å²) in [6, 6.07) is -0.593. The largest absolute Gasteiger partial charge is 0.297 e. The van der Waals surface area contributed by atoms with Gasteiger partial charge in [-0.05, 0) is 0 Å². The van der Waals surface area contributed by atoms with Gasteiger partial charge in [0.1, 0.15) is 6.04 Å². The van der Waals surface area contributed by atoms with Gasteiger partial charge in [0.15, 0.2) is 5.78 Å². The minimum Gasteiger partial charge on any atom is -0.297 e. The zero-order valence-electron chi connectivity index (χ0n) is 8.60. The molecule has 1 aliphatic rings. The summed E-state index contributed by atoms with van der Waals surface area (Å²) in [5.74, 6) is -0.198. The van der Waals surface area contributed by atoms with Gasteiger partial charge in [-0.2, -0.15) is 4.31 Å². The number of carbonyl (C=O) groups excluding carboxylic acids is 1. The first kappa shape index (κ1) is 11.4. The van der Waals surface area contributed by atoms with Crippen LogP contribution >= 0.6 is 0 Å². The van der Waals surface area contributed by atoms with Crippen molar-refractivity contribution in [3.8, 4) is 0 Å². The summed E-state index contributed by atoms with van der Waals surface area (Å²) in [5, 5.41) is 0. The first-order valence-corrected chi connectivity index (χ1v) is 6.36. The molecule has 0 aromatic rings. The summed E-state index contributed by atoms with van der Waals surface area (Å²) >= 11 is 0. The van der Waals surface area contributed by atoms with Crippen LogP contribution in [0.2, 0.25) is 0 Å². The van der Waals surface area contributed by atoms with E-state index < -0.39 is 16.1 Å². The molecule has 5 heteroatoms. The quantitative estimate of drug-likeness (QED) is 0.643. The van der Waals surface area contributed by atoms with Crippen molar-refractivity contribution in [3.63, 3.8) is 0 Å². The highest BCUT2D eigenvalue weighted by molar-refractivity contribution is 7.88. The summed E-state index contributed by atoms with van der Waals surface area (Å²) in [6.07, 6.45) is 4.50. The Kier molecular flexibility index (Phi) is 3.11. The Morgan fingerprint density at radius 2 is 2.07 bits per heavy atom. The second-order valence-electron chi connectivity index (χ2n) is 3.76. The van der Waals surface area contributed by atoms with Gasteiger partial charge in [-0.3, -0.25) is 4.79 Å². The predicted molar refractivity (Wildman–Crippen MR) is 54.3 cm³/mol. The number of ketones is 1. The second kappa shape index (κ2) is 3.82. The lowest BCUT2D eigenvalue weighted by Gasteiger charge is -2.21. The molecule has 14 heavy (non-hydrogen) atoms. The number of Topliss-reactive ketones (excluding diaryl/α,β-unsaturated/α-hetero) is 1. The van der Waals surface area contributed by atoms with E-state index in [4.69, 9.17) is 0 Å². The lowest BCUT2D eigenvalue weighted by atomic mass is 10.0. The number of rotatable bonds is 3. The molecule has 0 saturated heterocycles. The van der Waals surface area contributed by atoms with E-state index >= 15 is 0 Å². The van der Waals surface area contributed by atoms with Crippen molar-refractivity contribution in [2.45, 2.75) is 19.9 Å². The molecule has 1 rings (SSSR count). The second-order valence-corrected chi connectivity index (χ2v) is 5.70. The van der Waals surface area contributed by atoms with E-state index in [2.05, 4.69) is 0 Å². The fourth-order valence-electron chi connectivity index (χ4n) is 1.42. The molecule has 0 radical (unpaired) electrons. The Hall–Kier alpha value is -0.680. The van der Waals surface area contributed by atoms with Crippen LogP contribution in [0.25, 0.3) is 0 Å². The van der Waals surface area contributed by atoms with E-state index in [0.717, 1.165) is 6.26 Å². The molecule has 0 aromatic heterocycles. The van der Waals surface area contributed by atoms with Crippen LogP contribution in [0.3, 0.4) is 0 Å². The Bertz CT molecular complexity index is 356. The summed E-state index contributed by atoms with van der Waals surface area (Å²) in [6.45, 7) is 3.85. The number of hydrogen-bond acceptors (Lipinski definition) is 3. The Morgan fingerprint density at radius 1 is 1.50 bits per heavy atom. The number of hydrogen-bond donors (Lipinski definition) is 0.